The molecule has 1 aromatic rings. The van der Waals surface area contributed by atoms with Crippen molar-refractivity contribution in [2.75, 3.05) is 0 Å². The van der Waals surface area contributed by atoms with E-state index in [1.165, 1.54) is 0 Å². The van der Waals surface area contributed by atoms with Crippen LogP contribution in [-0.2, 0) is 0 Å². The molecule has 3 nitrogen and oxygen atoms in total. The lowest BCUT2D eigenvalue weighted by Crippen LogP contribution is -2.12. The van der Waals surface area contributed by atoms with E-state index in [2.05, 4.69) is 15.9 Å². The van der Waals surface area contributed by atoms with Crippen LogP contribution in [0, 0.1) is 0 Å². The predicted molar refractivity (Wildman–Crippen MR) is 45.1 cm³/mol. The molecule has 1 rings (SSSR count). The highest BCUT2D eigenvalue weighted by Gasteiger charge is 2.14. The quantitative estimate of drug-likeness (QED) is 0.817. The first-order chi connectivity index (χ1) is 6.06. The lowest BCUT2D eigenvalue weighted by molar-refractivity contribution is 0.110. The summed E-state index contributed by atoms with van der Waals surface area (Å²) in [6.45, 7) is 0. The lowest BCUT2D eigenvalue weighted by Gasteiger charge is -2.02. The summed E-state index contributed by atoms with van der Waals surface area (Å²) in [6, 6.07) is 1.06. The number of halogens is 3. The summed E-state index contributed by atoms with van der Waals surface area (Å²) in [5.74, 6) is 0. The zero-order valence-electron chi connectivity index (χ0n) is 6.18. The van der Waals surface area contributed by atoms with Crippen LogP contribution >= 0.6 is 15.9 Å². The van der Waals surface area contributed by atoms with Crippen molar-refractivity contribution in [3.63, 3.8) is 0 Å². The summed E-state index contributed by atoms with van der Waals surface area (Å²) >= 11 is 2.82. The van der Waals surface area contributed by atoms with Crippen molar-refractivity contribution in [2.45, 2.75) is 6.43 Å². The number of aromatic nitrogens is 1. The normalized spacial score (nSPS) is 10.5. The van der Waals surface area contributed by atoms with Crippen LogP contribution < -0.4 is 5.56 Å². The van der Waals surface area contributed by atoms with Crippen LogP contribution in [0.1, 0.15) is 22.5 Å². The standard InChI is InChI=1S/C7H4BrF2NO2/c8-4-1-3(2-12)5(6(9)10)11-7(4)13/h1-2,6H,(H,11,13). The SMILES string of the molecule is O=Cc1cc(Br)c(=O)[nH]c1C(F)F. The number of hydrogen-bond donors (Lipinski definition) is 1. The van der Waals surface area contributed by atoms with Gasteiger partial charge in [-0.2, -0.15) is 0 Å². The maximum atomic E-state index is 12.2. The first-order valence-electron chi connectivity index (χ1n) is 3.22. The van der Waals surface area contributed by atoms with Gasteiger partial charge >= 0.3 is 0 Å². The molecular weight excluding hydrogens is 248 g/mol. The molecule has 6 heteroatoms. The summed E-state index contributed by atoms with van der Waals surface area (Å²) in [7, 11) is 0. The minimum atomic E-state index is -2.86. The highest BCUT2D eigenvalue weighted by molar-refractivity contribution is 9.10. The Hall–Kier alpha value is -1.04. The van der Waals surface area contributed by atoms with Crippen LogP contribution in [0.4, 0.5) is 8.78 Å². The van der Waals surface area contributed by atoms with Crippen molar-refractivity contribution in [1.29, 1.82) is 0 Å². The molecule has 1 heterocycles. The van der Waals surface area contributed by atoms with Gasteiger partial charge in [0.15, 0.2) is 6.29 Å². The van der Waals surface area contributed by atoms with Gasteiger partial charge in [-0.3, -0.25) is 9.59 Å². The molecule has 0 unspecified atom stereocenters. The molecule has 0 aromatic carbocycles. The van der Waals surface area contributed by atoms with Gasteiger partial charge in [-0.05, 0) is 22.0 Å². The molecular formula is C7H4BrF2NO2. The fourth-order valence-electron chi connectivity index (χ4n) is 0.812. The molecule has 0 radical (unpaired) electrons. The molecule has 0 aliphatic carbocycles. The molecule has 0 saturated heterocycles. The monoisotopic (exact) mass is 251 g/mol. The number of alkyl halides is 2. The number of rotatable bonds is 2. The van der Waals surface area contributed by atoms with Gasteiger partial charge in [-0.25, -0.2) is 8.78 Å². The maximum absolute atomic E-state index is 12.2. The van der Waals surface area contributed by atoms with Crippen LogP contribution in [0.5, 0.6) is 0 Å². The van der Waals surface area contributed by atoms with E-state index in [1.807, 2.05) is 4.98 Å². The Morgan fingerprint density at radius 2 is 2.15 bits per heavy atom. The topological polar surface area (TPSA) is 49.9 Å². The molecule has 0 spiro atoms. The molecule has 1 aromatic heterocycles. The van der Waals surface area contributed by atoms with Gasteiger partial charge in [0.25, 0.3) is 12.0 Å². The molecule has 0 aliphatic heterocycles. The Morgan fingerprint density at radius 1 is 1.54 bits per heavy atom. The highest BCUT2D eigenvalue weighted by Crippen LogP contribution is 2.19. The van der Waals surface area contributed by atoms with E-state index in [9.17, 15) is 18.4 Å². The number of aldehydes is 1. The van der Waals surface area contributed by atoms with Crippen molar-refractivity contribution in [3.8, 4) is 0 Å². The van der Waals surface area contributed by atoms with E-state index in [0.717, 1.165) is 6.07 Å². The average molecular weight is 252 g/mol. The van der Waals surface area contributed by atoms with Gasteiger partial charge in [0.2, 0.25) is 0 Å². The van der Waals surface area contributed by atoms with Gasteiger partial charge in [0.1, 0.15) is 0 Å². The van der Waals surface area contributed by atoms with E-state index < -0.39 is 17.7 Å². The van der Waals surface area contributed by atoms with Crippen molar-refractivity contribution in [3.05, 3.63) is 32.2 Å². The van der Waals surface area contributed by atoms with Crippen LogP contribution in [0.15, 0.2) is 15.3 Å². The molecule has 0 bridgehead atoms. The highest BCUT2D eigenvalue weighted by atomic mass is 79.9. The average Bonchev–Trinajstić information content (AvgIpc) is 2.08. The second-order valence-electron chi connectivity index (χ2n) is 2.23. The van der Waals surface area contributed by atoms with Crippen molar-refractivity contribution in [1.82, 2.24) is 4.98 Å². The third kappa shape index (κ3) is 2.00. The molecule has 1 N–H and O–H groups in total. The lowest BCUT2D eigenvalue weighted by atomic mass is 10.2. The zero-order valence-corrected chi connectivity index (χ0v) is 7.77. The maximum Gasteiger partial charge on any atom is 0.279 e. The number of aromatic amines is 1. The van der Waals surface area contributed by atoms with Crippen LogP contribution in [-0.4, -0.2) is 11.3 Å². The first-order valence-corrected chi connectivity index (χ1v) is 4.01. The largest absolute Gasteiger partial charge is 0.320 e. The van der Waals surface area contributed by atoms with Gasteiger partial charge in [-0.15, -0.1) is 0 Å². The number of carbonyl (C=O) groups excluding carboxylic acids is 1. The van der Waals surface area contributed by atoms with E-state index >= 15 is 0 Å². The van der Waals surface area contributed by atoms with Gasteiger partial charge in [0, 0.05) is 5.56 Å². The van der Waals surface area contributed by atoms with E-state index in [0.29, 0.717) is 0 Å². The Balaban J connectivity index is 3.41. The summed E-state index contributed by atoms with van der Waals surface area (Å²) < 4.78 is 24.4. The fourth-order valence-corrected chi connectivity index (χ4v) is 1.16. The predicted octanol–water partition coefficient (Wildman–Crippen LogP) is 1.89. The van der Waals surface area contributed by atoms with E-state index in [1.54, 1.807) is 0 Å². The molecule has 0 aliphatic rings. The van der Waals surface area contributed by atoms with E-state index in [-0.39, 0.29) is 16.3 Å². The van der Waals surface area contributed by atoms with Crippen LogP contribution in [0.2, 0.25) is 0 Å². The van der Waals surface area contributed by atoms with Crippen molar-refractivity contribution < 1.29 is 13.6 Å². The number of carbonyl (C=O) groups is 1. The molecule has 0 saturated carbocycles. The summed E-state index contributed by atoms with van der Waals surface area (Å²) in [5.41, 5.74) is -1.55. The third-order valence-electron chi connectivity index (χ3n) is 1.40. The van der Waals surface area contributed by atoms with Gasteiger partial charge in [-0.1, -0.05) is 0 Å². The van der Waals surface area contributed by atoms with Crippen molar-refractivity contribution in [2.24, 2.45) is 0 Å². The third-order valence-corrected chi connectivity index (χ3v) is 1.99. The molecule has 0 atom stereocenters. The Labute approximate surface area is 79.9 Å². The summed E-state index contributed by atoms with van der Waals surface area (Å²) in [4.78, 5) is 23.1. The molecule has 0 fully saturated rings. The Morgan fingerprint density at radius 3 is 2.62 bits per heavy atom. The molecule has 70 valence electrons. The minimum Gasteiger partial charge on any atom is -0.320 e. The summed E-state index contributed by atoms with van der Waals surface area (Å²) in [5, 5.41) is 0. The zero-order chi connectivity index (χ0) is 10.0. The number of nitrogens with one attached hydrogen (secondary N) is 1. The summed E-state index contributed by atoms with van der Waals surface area (Å²) in [6.07, 6.45) is -2.59. The second kappa shape index (κ2) is 3.78. The number of pyridine rings is 1. The van der Waals surface area contributed by atoms with Crippen molar-refractivity contribution >= 4 is 22.2 Å². The van der Waals surface area contributed by atoms with Crippen LogP contribution in [0.25, 0.3) is 0 Å². The minimum absolute atomic E-state index is 0.0546. The molecule has 0 amide bonds. The van der Waals surface area contributed by atoms with Gasteiger partial charge in [0.05, 0.1) is 10.2 Å². The van der Waals surface area contributed by atoms with Gasteiger partial charge < -0.3 is 4.98 Å². The number of H-pyrrole nitrogens is 1. The Kier molecular flexibility index (Phi) is 2.92. The van der Waals surface area contributed by atoms with E-state index in [4.69, 9.17) is 0 Å². The second-order valence-corrected chi connectivity index (χ2v) is 3.09. The van der Waals surface area contributed by atoms with Crippen LogP contribution in [0.3, 0.4) is 0 Å². The smallest absolute Gasteiger partial charge is 0.279 e. The Bertz CT molecular complexity index is 389. The first kappa shape index (κ1) is 10.0. The molecule has 13 heavy (non-hydrogen) atoms. The fraction of sp³-hybridized carbons (Fsp3) is 0.143. The number of hydrogen-bond acceptors (Lipinski definition) is 2.